The van der Waals surface area contributed by atoms with Gasteiger partial charge in [0.05, 0.1) is 5.75 Å². The zero-order valence-electron chi connectivity index (χ0n) is 19.8. The van der Waals surface area contributed by atoms with E-state index in [-0.39, 0.29) is 29.1 Å². The van der Waals surface area contributed by atoms with Gasteiger partial charge in [0.2, 0.25) is 11.8 Å². The van der Waals surface area contributed by atoms with Crippen LogP contribution >= 0.6 is 23.4 Å². The van der Waals surface area contributed by atoms with E-state index in [0.717, 1.165) is 17.5 Å². The molecule has 1 N–H and O–H groups in total. The lowest BCUT2D eigenvalue weighted by Crippen LogP contribution is -2.51. The maximum atomic E-state index is 14.2. The largest absolute Gasteiger partial charge is 0.354 e. The van der Waals surface area contributed by atoms with Crippen molar-refractivity contribution in [2.45, 2.75) is 38.1 Å². The molecule has 0 heterocycles. The van der Waals surface area contributed by atoms with Crippen LogP contribution in [0.4, 0.5) is 4.39 Å². The SMILES string of the molecule is CCCNC(=O)[C@H](Cc1ccccc1)N(Cc1ccccc1)C(=O)CSCc1c(F)cccc1Cl. The van der Waals surface area contributed by atoms with Crippen molar-refractivity contribution in [3.05, 3.63) is 106 Å². The quantitative estimate of drug-likeness (QED) is 0.330. The van der Waals surface area contributed by atoms with Crippen LogP contribution in [-0.4, -0.2) is 35.1 Å². The third kappa shape index (κ3) is 8.11. The summed E-state index contributed by atoms with van der Waals surface area (Å²) in [5, 5.41) is 3.30. The monoisotopic (exact) mass is 512 g/mol. The highest BCUT2D eigenvalue weighted by Crippen LogP contribution is 2.25. The van der Waals surface area contributed by atoms with Gasteiger partial charge >= 0.3 is 0 Å². The molecule has 0 radical (unpaired) electrons. The predicted octanol–water partition coefficient (Wildman–Crippen LogP) is 5.88. The highest BCUT2D eigenvalue weighted by molar-refractivity contribution is 7.99. The van der Waals surface area contributed by atoms with Gasteiger partial charge in [0, 0.05) is 35.8 Å². The number of benzene rings is 3. The number of carbonyl (C=O) groups is 2. The van der Waals surface area contributed by atoms with Gasteiger partial charge in [-0.3, -0.25) is 9.59 Å². The molecule has 0 bridgehead atoms. The first kappa shape index (κ1) is 26.8. The Kier molecular flexibility index (Phi) is 10.6. The number of nitrogens with one attached hydrogen (secondary N) is 1. The van der Waals surface area contributed by atoms with E-state index in [1.54, 1.807) is 17.0 Å². The van der Waals surface area contributed by atoms with Crippen molar-refractivity contribution in [2.75, 3.05) is 12.3 Å². The number of carbonyl (C=O) groups excluding carboxylic acids is 2. The van der Waals surface area contributed by atoms with Gasteiger partial charge in [0.25, 0.3) is 0 Å². The van der Waals surface area contributed by atoms with Gasteiger partial charge in [-0.1, -0.05) is 85.3 Å². The molecule has 1 atom stereocenters. The zero-order chi connectivity index (χ0) is 25.0. The van der Waals surface area contributed by atoms with Crippen LogP contribution in [0.1, 0.15) is 30.0 Å². The summed E-state index contributed by atoms with van der Waals surface area (Å²) in [6, 6.07) is 23.2. The van der Waals surface area contributed by atoms with Crippen molar-refractivity contribution in [2.24, 2.45) is 0 Å². The summed E-state index contributed by atoms with van der Waals surface area (Å²) in [4.78, 5) is 28.4. The molecule has 7 heteroatoms. The number of hydrogen-bond donors (Lipinski definition) is 1. The van der Waals surface area contributed by atoms with Crippen LogP contribution in [0, 0.1) is 5.82 Å². The fourth-order valence-electron chi connectivity index (χ4n) is 3.69. The summed E-state index contributed by atoms with van der Waals surface area (Å²) in [7, 11) is 0. The molecule has 35 heavy (non-hydrogen) atoms. The van der Waals surface area contributed by atoms with Gasteiger partial charge in [-0.25, -0.2) is 4.39 Å². The Morgan fingerprint density at radius 2 is 1.63 bits per heavy atom. The van der Waals surface area contributed by atoms with Crippen LogP contribution in [0.15, 0.2) is 78.9 Å². The van der Waals surface area contributed by atoms with E-state index in [2.05, 4.69) is 5.32 Å². The first-order valence-corrected chi connectivity index (χ1v) is 13.2. The average Bonchev–Trinajstić information content (AvgIpc) is 2.87. The Hall–Kier alpha value is -2.83. The second-order valence-corrected chi connectivity index (χ2v) is 9.59. The van der Waals surface area contributed by atoms with Gasteiger partial charge in [-0.05, 0) is 29.7 Å². The molecule has 4 nitrogen and oxygen atoms in total. The van der Waals surface area contributed by atoms with E-state index in [1.807, 2.05) is 67.6 Å². The number of nitrogens with zero attached hydrogens (tertiary/aromatic N) is 1. The number of amides is 2. The fourth-order valence-corrected chi connectivity index (χ4v) is 4.94. The molecule has 0 aliphatic carbocycles. The standard InChI is InChI=1S/C28H30ClFN2O2S/c1-2-16-31-28(34)26(17-21-10-5-3-6-11-21)32(18-22-12-7-4-8-13-22)27(33)20-35-19-23-24(29)14-9-15-25(23)30/h3-15,26H,2,16-20H2,1H3,(H,31,34)/t26-/m0/s1. The molecule has 2 amide bonds. The van der Waals surface area contributed by atoms with Crippen LogP contribution in [0.5, 0.6) is 0 Å². The molecule has 3 aromatic carbocycles. The van der Waals surface area contributed by atoms with Crippen molar-refractivity contribution >= 4 is 35.2 Å². The molecule has 3 rings (SSSR count). The molecule has 0 aromatic heterocycles. The number of thioether (sulfide) groups is 1. The number of rotatable bonds is 12. The Morgan fingerprint density at radius 3 is 2.26 bits per heavy atom. The molecule has 0 aliphatic rings. The molecule has 0 unspecified atom stereocenters. The van der Waals surface area contributed by atoms with Crippen molar-refractivity contribution in [1.29, 1.82) is 0 Å². The summed E-state index contributed by atoms with van der Waals surface area (Å²) in [5.41, 5.74) is 2.29. The molecule has 3 aromatic rings. The van der Waals surface area contributed by atoms with Crippen molar-refractivity contribution in [3.8, 4) is 0 Å². The second-order valence-electron chi connectivity index (χ2n) is 8.20. The van der Waals surface area contributed by atoms with Crippen LogP contribution in [0.3, 0.4) is 0 Å². The highest BCUT2D eigenvalue weighted by Gasteiger charge is 2.30. The maximum Gasteiger partial charge on any atom is 0.243 e. The molecule has 0 saturated heterocycles. The predicted molar refractivity (Wildman–Crippen MR) is 142 cm³/mol. The summed E-state index contributed by atoms with van der Waals surface area (Å²) >= 11 is 7.43. The van der Waals surface area contributed by atoms with Crippen molar-refractivity contribution in [3.63, 3.8) is 0 Å². The molecule has 0 aliphatic heterocycles. The molecule has 0 fully saturated rings. The number of hydrogen-bond acceptors (Lipinski definition) is 3. The Bertz CT molecular complexity index is 1080. The lowest BCUT2D eigenvalue weighted by Gasteiger charge is -2.31. The van der Waals surface area contributed by atoms with Gasteiger partial charge in [-0.15, -0.1) is 11.8 Å². The summed E-state index contributed by atoms with van der Waals surface area (Å²) in [6.07, 6.45) is 1.20. The lowest BCUT2D eigenvalue weighted by molar-refractivity contribution is -0.139. The average molecular weight is 513 g/mol. The van der Waals surface area contributed by atoms with Crippen molar-refractivity contribution in [1.82, 2.24) is 10.2 Å². The first-order valence-electron chi connectivity index (χ1n) is 11.6. The normalized spacial score (nSPS) is 11.6. The minimum absolute atomic E-state index is 0.101. The van der Waals surface area contributed by atoms with E-state index < -0.39 is 6.04 Å². The van der Waals surface area contributed by atoms with E-state index in [9.17, 15) is 14.0 Å². The third-order valence-corrected chi connectivity index (χ3v) is 6.85. The Balaban J connectivity index is 1.82. The van der Waals surface area contributed by atoms with Crippen LogP contribution in [0.25, 0.3) is 0 Å². The Morgan fingerprint density at radius 1 is 0.971 bits per heavy atom. The van der Waals surface area contributed by atoms with Crippen LogP contribution in [0.2, 0.25) is 5.02 Å². The molecule has 0 saturated carbocycles. The van der Waals surface area contributed by atoms with Gasteiger partial charge < -0.3 is 10.2 Å². The molecule has 0 spiro atoms. The number of halogens is 2. The minimum atomic E-state index is -0.672. The van der Waals surface area contributed by atoms with E-state index in [0.29, 0.717) is 30.1 Å². The molecular weight excluding hydrogens is 483 g/mol. The molecular formula is C28H30ClFN2O2S. The second kappa shape index (κ2) is 13.9. The summed E-state index contributed by atoms with van der Waals surface area (Å²) < 4.78 is 14.2. The molecule has 184 valence electrons. The zero-order valence-corrected chi connectivity index (χ0v) is 21.3. The minimum Gasteiger partial charge on any atom is -0.354 e. The topological polar surface area (TPSA) is 49.4 Å². The van der Waals surface area contributed by atoms with Crippen LogP contribution < -0.4 is 5.32 Å². The lowest BCUT2D eigenvalue weighted by atomic mass is 10.0. The van der Waals surface area contributed by atoms with Crippen molar-refractivity contribution < 1.29 is 14.0 Å². The third-order valence-electron chi connectivity index (χ3n) is 5.55. The van der Waals surface area contributed by atoms with Crippen LogP contribution in [-0.2, 0) is 28.3 Å². The van der Waals surface area contributed by atoms with E-state index in [4.69, 9.17) is 11.6 Å². The summed E-state index contributed by atoms with van der Waals surface area (Å²) in [5.74, 6) is -0.383. The van der Waals surface area contributed by atoms with Gasteiger partial charge in [0.1, 0.15) is 11.9 Å². The van der Waals surface area contributed by atoms with Gasteiger partial charge in [-0.2, -0.15) is 0 Å². The highest BCUT2D eigenvalue weighted by atomic mass is 35.5. The van der Waals surface area contributed by atoms with E-state index >= 15 is 0 Å². The Labute approximate surface area is 215 Å². The summed E-state index contributed by atoms with van der Waals surface area (Å²) in [6.45, 7) is 2.83. The maximum absolute atomic E-state index is 14.2. The fraction of sp³-hybridized carbons (Fsp3) is 0.286. The smallest absolute Gasteiger partial charge is 0.243 e. The van der Waals surface area contributed by atoms with E-state index in [1.165, 1.54) is 17.8 Å². The van der Waals surface area contributed by atoms with Gasteiger partial charge in [0.15, 0.2) is 0 Å². The first-order chi connectivity index (χ1) is 17.0.